The number of aryl methyl sites for hydroxylation is 2. The van der Waals surface area contributed by atoms with E-state index in [1.54, 1.807) is 0 Å². The highest BCUT2D eigenvalue weighted by molar-refractivity contribution is 6.02. The van der Waals surface area contributed by atoms with Gasteiger partial charge in [0.05, 0.1) is 5.69 Å². The number of carbonyl (C=O) groups is 1. The zero-order chi connectivity index (χ0) is 9.59. The first kappa shape index (κ1) is 8.26. The maximum Gasteiger partial charge on any atom is 0.257 e. The van der Waals surface area contributed by atoms with Gasteiger partial charge in [0, 0.05) is 5.56 Å². The average Bonchev–Trinajstić information content (AvgIpc) is 2.32. The van der Waals surface area contributed by atoms with Crippen molar-refractivity contribution in [3.05, 3.63) is 28.8 Å². The van der Waals surface area contributed by atoms with Crippen LogP contribution in [0, 0.1) is 13.8 Å². The van der Waals surface area contributed by atoms with Crippen LogP contribution in [-0.2, 0) is 4.79 Å². The fraction of sp³-hybridized carbons (Fsp3) is 0.300. The number of hydrogen-bond donors (Lipinski definition) is 2. The van der Waals surface area contributed by atoms with E-state index in [0.717, 1.165) is 16.8 Å². The van der Waals surface area contributed by atoms with Crippen molar-refractivity contribution in [3.8, 4) is 0 Å². The zero-order valence-electron chi connectivity index (χ0n) is 7.59. The highest BCUT2D eigenvalue weighted by Gasteiger charge is 2.29. The number of carbonyl (C=O) groups excluding carboxylic acids is 1. The highest BCUT2D eigenvalue weighted by atomic mass is 16.3. The molecule has 2 rings (SSSR count). The Balaban J connectivity index is 2.63. The molecule has 0 radical (unpaired) electrons. The Morgan fingerprint density at radius 2 is 2.08 bits per heavy atom. The maximum atomic E-state index is 11.1. The van der Waals surface area contributed by atoms with Crippen molar-refractivity contribution in [2.24, 2.45) is 0 Å². The van der Waals surface area contributed by atoms with Gasteiger partial charge in [0.2, 0.25) is 0 Å². The molecule has 1 unspecified atom stereocenters. The molecule has 1 aromatic carbocycles. The number of rotatable bonds is 0. The third kappa shape index (κ3) is 1.12. The Morgan fingerprint density at radius 1 is 1.38 bits per heavy atom. The molecule has 1 aromatic rings. The van der Waals surface area contributed by atoms with Crippen molar-refractivity contribution in [3.63, 3.8) is 0 Å². The molecule has 3 heteroatoms. The molecule has 68 valence electrons. The molecule has 3 nitrogen and oxygen atoms in total. The van der Waals surface area contributed by atoms with Gasteiger partial charge < -0.3 is 10.4 Å². The molecule has 2 N–H and O–H groups in total. The summed E-state index contributed by atoms with van der Waals surface area (Å²) in [6, 6.07) is 3.82. The maximum absolute atomic E-state index is 11.1. The number of fused-ring (bicyclic) bond motifs is 1. The van der Waals surface area contributed by atoms with Gasteiger partial charge in [-0.25, -0.2) is 0 Å². The van der Waals surface area contributed by atoms with Crippen LogP contribution < -0.4 is 5.32 Å². The first-order chi connectivity index (χ1) is 6.09. The Morgan fingerprint density at radius 3 is 2.77 bits per heavy atom. The summed E-state index contributed by atoms with van der Waals surface area (Å²) in [5, 5.41) is 12.1. The molecule has 1 aliphatic heterocycles. The van der Waals surface area contributed by atoms with E-state index in [2.05, 4.69) is 5.32 Å². The van der Waals surface area contributed by atoms with Crippen molar-refractivity contribution in [1.82, 2.24) is 0 Å². The number of nitrogens with one attached hydrogen (secondary N) is 1. The highest BCUT2D eigenvalue weighted by Crippen LogP contribution is 2.34. The Labute approximate surface area is 76.4 Å². The fourth-order valence-corrected chi connectivity index (χ4v) is 1.72. The summed E-state index contributed by atoms with van der Waals surface area (Å²) in [7, 11) is 0. The molecule has 1 heterocycles. The van der Waals surface area contributed by atoms with Gasteiger partial charge in [0.1, 0.15) is 0 Å². The summed E-state index contributed by atoms with van der Waals surface area (Å²) >= 11 is 0. The molecule has 1 amide bonds. The van der Waals surface area contributed by atoms with Crippen molar-refractivity contribution in [2.45, 2.75) is 20.0 Å². The van der Waals surface area contributed by atoms with E-state index in [1.807, 2.05) is 26.0 Å². The van der Waals surface area contributed by atoms with Crippen LogP contribution in [0.2, 0.25) is 0 Å². The molecule has 0 aliphatic carbocycles. The SMILES string of the molecule is Cc1cc(C)c2c(c1)C(O)C(=O)N2. The van der Waals surface area contributed by atoms with E-state index in [-0.39, 0.29) is 5.91 Å². The van der Waals surface area contributed by atoms with Crippen LogP contribution in [0.1, 0.15) is 22.8 Å². The van der Waals surface area contributed by atoms with Crippen LogP contribution in [0.4, 0.5) is 5.69 Å². The topological polar surface area (TPSA) is 49.3 Å². The summed E-state index contributed by atoms with van der Waals surface area (Å²) in [6.45, 7) is 3.87. The third-order valence-corrected chi connectivity index (χ3v) is 2.30. The second-order valence-corrected chi connectivity index (χ2v) is 3.44. The van der Waals surface area contributed by atoms with Gasteiger partial charge in [0.15, 0.2) is 6.10 Å². The quantitative estimate of drug-likeness (QED) is 0.627. The van der Waals surface area contributed by atoms with Gasteiger partial charge in [-0.3, -0.25) is 4.79 Å². The zero-order valence-corrected chi connectivity index (χ0v) is 7.59. The molecule has 1 atom stereocenters. The predicted molar refractivity (Wildman–Crippen MR) is 49.5 cm³/mol. The molecular formula is C10H11NO2. The van der Waals surface area contributed by atoms with Crippen LogP contribution in [0.25, 0.3) is 0 Å². The summed E-state index contributed by atoms with van der Waals surface area (Å²) < 4.78 is 0. The van der Waals surface area contributed by atoms with E-state index in [4.69, 9.17) is 0 Å². The standard InChI is InChI=1S/C10H11NO2/c1-5-3-6(2)8-7(4-5)9(12)10(13)11-8/h3-4,9,12H,1-2H3,(H,11,13). The first-order valence-corrected chi connectivity index (χ1v) is 4.19. The molecule has 0 saturated carbocycles. The Kier molecular flexibility index (Phi) is 1.63. The number of aliphatic hydroxyl groups is 1. The van der Waals surface area contributed by atoms with Crippen LogP contribution >= 0.6 is 0 Å². The van der Waals surface area contributed by atoms with Crippen LogP contribution in [0.3, 0.4) is 0 Å². The minimum absolute atomic E-state index is 0.330. The molecule has 0 saturated heterocycles. The van der Waals surface area contributed by atoms with Gasteiger partial charge in [-0.2, -0.15) is 0 Å². The van der Waals surface area contributed by atoms with Gasteiger partial charge in [0.25, 0.3) is 5.91 Å². The lowest BCUT2D eigenvalue weighted by Crippen LogP contribution is -2.10. The third-order valence-electron chi connectivity index (χ3n) is 2.30. The minimum atomic E-state index is -0.992. The van der Waals surface area contributed by atoms with Crippen molar-refractivity contribution in [2.75, 3.05) is 5.32 Å². The summed E-state index contributed by atoms with van der Waals surface area (Å²) in [5.74, 6) is -0.330. The summed E-state index contributed by atoms with van der Waals surface area (Å²) in [6.07, 6.45) is -0.992. The summed E-state index contributed by atoms with van der Waals surface area (Å²) in [5.41, 5.74) is 3.53. The largest absolute Gasteiger partial charge is 0.378 e. The summed E-state index contributed by atoms with van der Waals surface area (Å²) in [4.78, 5) is 11.1. The van der Waals surface area contributed by atoms with E-state index in [1.165, 1.54) is 0 Å². The van der Waals surface area contributed by atoms with Gasteiger partial charge in [-0.05, 0) is 19.4 Å². The minimum Gasteiger partial charge on any atom is -0.378 e. The van der Waals surface area contributed by atoms with Crippen LogP contribution in [-0.4, -0.2) is 11.0 Å². The number of hydrogen-bond acceptors (Lipinski definition) is 2. The second kappa shape index (κ2) is 2.57. The Bertz CT molecular complexity index is 385. The lowest BCUT2D eigenvalue weighted by atomic mass is 10.0. The molecule has 0 bridgehead atoms. The molecule has 13 heavy (non-hydrogen) atoms. The monoisotopic (exact) mass is 177 g/mol. The lowest BCUT2D eigenvalue weighted by molar-refractivity contribution is -0.123. The van der Waals surface area contributed by atoms with Crippen molar-refractivity contribution < 1.29 is 9.90 Å². The fourth-order valence-electron chi connectivity index (χ4n) is 1.72. The molecule has 0 spiro atoms. The van der Waals surface area contributed by atoms with Gasteiger partial charge in [-0.15, -0.1) is 0 Å². The molecule has 0 fully saturated rings. The normalized spacial score (nSPS) is 19.9. The second-order valence-electron chi connectivity index (χ2n) is 3.44. The lowest BCUT2D eigenvalue weighted by Gasteiger charge is -2.05. The Hall–Kier alpha value is -1.35. The van der Waals surface area contributed by atoms with E-state index in [9.17, 15) is 9.90 Å². The number of anilines is 1. The number of amides is 1. The van der Waals surface area contributed by atoms with Crippen molar-refractivity contribution >= 4 is 11.6 Å². The van der Waals surface area contributed by atoms with E-state index >= 15 is 0 Å². The predicted octanol–water partition coefficient (Wildman–Crippen LogP) is 1.29. The van der Waals surface area contributed by atoms with Crippen molar-refractivity contribution in [1.29, 1.82) is 0 Å². The molecule has 0 aromatic heterocycles. The molecular weight excluding hydrogens is 166 g/mol. The van der Waals surface area contributed by atoms with E-state index in [0.29, 0.717) is 5.56 Å². The van der Waals surface area contributed by atoms with E-state index < -0.39 is 6.10 Å². The van der Waals surface area contributed by atoms with Crippen LogP contribution in [0.15, 0.2) is 12.1 Å². The molecule has 1 aliphatic rings. The van der Waals surface area contributed by atoms with Gasteiger partial charge >= 0.3 is 0 Å². The van der Waals surface area contributed by atoms with Crippen LogP contribution in [0.5, 0.6) is 0 Å². The van der Waals surface area contributed by atoms with Gasteiger partial charge in [-0.1, -0.05) is 17.7 Å². The number of benzene rings is 1. The first-order valence-electron chi connectivity index (χ1n) is 4.19. The average molecular weight is 177 g/mol. The smallest absolute Gasteiger partial charge is 0.257 e. The number of aliphatic hydroxyl groups excluding tert-OH is 1.